The molecule has 0 unspecified atom stereocenters. The first kappa shape index (κ1) is 17.6. The molecule has 1 heterocycles. The van der Waals surface area contributed by atoms with Crippen LogP contribution in [-0.2, 0) is 16.4 Å². The Morgan fingerprint density at radius 3 is 2.70 bits per heavy atom. The molecule has 0 aliphatic carbocycles. The van der Waals surface area contributed by atoms with Crippen molar-refractivity contribution in [2.24, 2.45) is 4.99 Å². The number of hydrogen-bond donors (Lipinski definition) is 1. The highest BCUT2D eigenvalue weighted by atomic mass is 32.2. The second kappa shape index (κ2) is 6.78. The van der Waals surface area contributed by atoms with Crippen LogP contribution in [0.3, 0.4) is 0 Å². The molecule has 128 valence electrons. The average molecular weight is 339 g/mol. The predicted octanol–water partition coefficient (Wildman–Crippen LogP) is 1.28. The lowest BCUT2D eigenvalue weighted by atomic mass is 10.2. The summed E-state index contributed by atoms with van der Waals surface area (Å²) < 4.78 is 28.8. The molecule has 1 N–H and O–H groups in total. The van der Waals surface area contributed by atoms with Crippen LogP contribution in [0.15, 0.2) is 29.3 Å². The van der Waals surface area contributed by atoms with Crippen molar-refractivity contribution in [2.75, 3.05) is 33.0 Å². The lowest BCUT2D eigenvalue weighted by Crippen LogP contribution is -2.57. The van der Waals surface area contributed by atoms with Crippen LogP contribution >= 0.6 is 0 Å². The van der Waals surface area contributed by atoms with Crippen LogP contribution in [0.25, 0.3) is 0 Å². The van der Waals surface area contributed by atoms with E-state index in [2.05, 4.69) is 10.3 Å². The summed E-state index contributed by atoms with van der Waals surface area (Å²) in [6, 6.07) is 7.79. The van der Waals surface area contributed by atoms with Crippen LogP contribution in [0.4, 0.5) is 0 Å². The Morgan fingerprint density at radius 2 is 2.09 bits per heavy atom. The van der Waals surface area contributed by atoms with Crippen molar-refractivity contribution in [3.05, 3.63) is 29.8 Å². The van der Waals surface area contributed by atoms with Gasteiger partial charge < -0.3 is 15.0 Å². The monoisotopic (exact) mass is 339 g/mol. The molecular formula is C16H25N3O3S. The maximum atomic E-state index is 12.1. The van der Waals surface area contributed by atoms with Gasteiger partial charge in [0, 0.05) is 32.2 Å². The maximum Gasteiger partial charge on any atom is 0.193 e. The third-order valence-electron chi connectivity index (χ3n) is 4.18. The quantitative estimate of drug-likeness (QED) is 0.663. The first-order valence-electron chi connectivity index (χ1n) is 7.60. The Labute approximate surface area is 138 Å². The molecule has 1 aliphatic rings. The first-order valence-corrected chi connectivity index (χ1v) is 9.26. The number of hydrogen-bond acceptors (Lipinski definition) is 4. The minimum absolute atomic E-state index is 0.148. The molecule has 0 saturated carbocycles. The molecule has 7 heteroatoms. The van der Waals surface area contributed by atoms with E-state index in [1.165, 1.54) is 0 Å². The van der Waals surface area contributed by atoms with Crippen molar-refractivity contribution in [3.8, 4) is 5.75 Å². The fourth-order valence-corrected chi connectivity index (χ4v) is 4.05. The fourth-order valence-electron chi connectivity index (χ4n) is 2.68. The number of nitrogens with zero attached hydrogens (tertiary/aromatic N) is 2. The van der Waals surface area contributed by atoms with Gasteiger partial charge in [0.1, 0.15) is 5.75 Å². The minimum atomic E-state index is -3.06. The van der Waals surface area contributed by atoms with E-state index in [0.29, 0.717) is 25.6 Å². The highest BCUT2D eigenvalue weighted by Gasteiger charge is 2.40. The van der Waals surface area contributed by atoms with Gasteiger partial charge in [-0.3, -0.25) is 4.99 Å². The van der Waals surface area contributed by atoms with Gasteiger partial charge in [-0.2, -0.15) is 0 Å². The summed E-state index contributed by atoms with van der Waals surface area (Å²) >= 11 is 0. The molecule has 1 aromatic carbocycles. The van der Waals surface area contributed by atoms with Crippen LogP contribution in [0.5, 0.6) is 5.75 Å². The van der Waals surface area contributed by atoms with Crippen molar-refractivity contribution < 1.29 is 13.2 Å². The molecule has 0 spiro atoms. The molecule has 1 fully saturated rings. The molecule has 1 aromatic rings. The Hall–Kier alpha value is -1.76. The van der Waals surface area contributed by atoms with E-state index in [1.807, 2.05) is 29.2 Å². The normalized spacial score (nSPS) is 20.2. The highest BCUT2D eigenvalue weighted by molar-refractivity contribution is 7.92. The summed E-state index contributed by atoms with van der Waals surface area (Å²) in [5.74, 6) is 1.67. The van der Waals surface area contributed by atoms with Crippen molar-refractivity contribution in [3.63, 3.8) is 0 Å². The zero-order valence-electron chi connectivity index (χ0n) is 14.2. The Bertz CT molecular complexity index is 684. The predicted molar refractivity (Wildman–Crippen MR) is 92.6 cm³/mol. The molecule has 0 radical (unpaired) electrons. The second-order valence-corrected chi connectivity index (χ2v) is 8.96. The third kappa shape index (κ3) is 3.77. The zero-order chi connectivity index (χ0) is 17.1. The van der Waals surface area contributed by atoms with E-state index in [9.17, 15) is 8.42 Å². The second-order valence-electron chi connectivity index (χ2n) is 6.21. The fraction of sp³-hybridized carbons (Fsp3) is 0.562. The molecule has 0 bridgehead atoms. The molecule has 1 saturated heterocycles. The molecule has 6 nitrogen and oxygen atoms in total. The van der Waals surface area contributed by atoms with E-state index in [4.69, 9.17) is 4.74 Å². The summed E-state index contributed by atoms with van der Waals surface area (Å²) in [7, 11) is 0.296. The molecule has 1 aliphatic heterocycles. The van der Waals surface area contributed by atoms with Gasteiger partial charge in [0.2, 0.25) is 0 Å². The van der Waals surface area contributed by atoms with Gasteiger partial charge in [-0.25, -0.2) is 8.42 Å². The van der Waals surface area contributed by atoms with E-state index in [1.54, 1.807) is 28.0 Å². The molecule has 2 rings (SSSR count). The lowest BCUT2D eigenvalue weighted by molar-refractivity contribution is 0.352. The van der Waals surface area contributed by atoms with Crippen LogP contribution in [0, 0.1) is 0 Å². The molecule has 0 amide bonds. The lowest BCUT2D eigenvalue weighted by Gasteiger charge is -2.39. The number of aliphatic imine (C=N–C) groups is 1. The van der Waals surface area contributed by atoms with Crippen molar-refractivity contribution in [2.45, 2.75) is 25.1 Å². The summed E-state index contributed by atoms with van der Waals surface area (Å²) in [4.78, 5) is 6.29. The highest BCUT2D eigenvalue weighted by Crippen LogP contribution is 2.24. The summed E-state index contributed by atoms with van der Waals surface area (Å²) in [5.41, 5.74) is 1.03. The number of ether oxygens (including phenoxy) is 1. The van der Waals surface area contributed by atoms with Gasteiger partial charge in [-0.05, 0) is 19.9 Å². The number of sulfone groups is 1. The first-order chi connectivity index (χ1) is 10.8. The molecular weight excluding hydrogens is 314 g/mol. The summed E-state index contributed by atoms with van der Waals surface area (Å²) in [6.07, 6.45) is 0. The Balaban J connectivity index is 2.07. The van der Waals surface area contributed by atoms with E-state index in [-0.39, 0.29) is 5.75 Å². The Kier molecular flexibility index (Phi) is 5.19. The summed E-state index contributed by atoms with van der Waals surface area (Å²) in [6.45, 7) is 4.99. The van der Waals surface area contributed by atoms with Crippen LogP contribution < -0.4 is 10.1 Å². The van der Waals surface area contributed by atoms with E-state index < -0.39 is 14.6 Å². The van der Waals surface area contributed by atoms with E-state index in [0.717, 1.165) is 11.3 Å². The SMILES string of the molecule is CN=C(NCc1ccccc1OC)N1CCS(=O)(=O)C(C)(C)C1. The largest absolute Gasteiger partial charge is 0.496 e. The third-order valence-corrected chi connectivity index (χ3v) is 6.72. The smallest absolute Gasteiger partial charge is 0.193 e. The standard InChI is InChI=1S/C16H25N3O3S/c1-16(2)12-19(9-10-23(16,20)21)15(17-3)18-11-13-7-5-6-8-14(13)22-4/h5-8H,9-12H2,1-4H3,(H,17,18). The number of benzene rings is 1. The average Bonchev–Trinajstić information content (AvgIpc) is 2.51. The molecule has 23 heavy (non-hydrogen) atoms. The number of para-hydroxylation sites is 1. The van der Waals surface area contributed by atoms with Gasteiger partial charge in [-0.1, -0.05) is 18.2 Å². The molecule has 0 aromatic heterocycles. The van der Waals surface area contributed by atoms with E-state index >= 15 is 0 Å². The zero-order valence-corrected chi connectivity index (χ0v) is 15.0. The molecule has 0 atom stereocenters. The Morgan fingerprint density at radius 1 is 1.39 bits per heavy atom. The van der Waals surface area contributed by atoms with Crippen molar-refractivity contribution in [1.29, 1.82) is 0 Å². The van der Waals surface area contributed by atoms with Crippen LogP contribution in [0.1, 0.15) is 19.4 Å². The van der Waals surface area contributed by atoms with Crippen molar-refractivity contribution >= 4 is 15.8 Å². The minimum Gasteiger partial charge on any atom is -0.496 e. The number of guanidine groups is 1. The van der Waals surface area contributed by atoms with Gasteiger partial charge in [0.15, 0.2) is 15.8 Å². The summed E-state index contributed by atoms with van der Waals surface area (Å²) in [5, 5.41) is 3.30. The maximum absolute atomic E-state index is 12.1. The number of nitrogens with one attached hydrogen (secondary N) is 1. The van der Waals surface area contributed by atoms with Crippen molar-refractivity contribution in [1.82, 2.24) is 10.2 Å². The van der Waals surface area contributed by atoms with Crippen LogP contribution in [-0.4, -0.2) is 57.0 Å². The van der Waals surface area contributed by atoms with Gasteiger partial charge in [0.25, 0.3) is 0 Å². The number of rotatable bonds is 3. The van der Waals surface area contributed by atoms with Gasteiger partial charge in [-0.15, -0.1) is 0 Å². The van der Waals surface area contributed by atoms with Crippen LogP contribution in [0.2, 0.25) is 0 Å². The topological polar surface area (TPSA) is 71.0 Å². The van der Waals surface area contributed by atoms with Gasteiger partial charge >= 0.3 is 0 Å². The number of methoxy groups -OCH3 is 1. The van der Waals surface area contributed by atoms with Gasteiger partial charge in [0.05, 0.1) is 17.6 Å².